The lowest BCUT2D eigenvalue weighted by atomic mass is 9.94. The molecule has 0 aliphatic carbocycles. The van der Waals surface area contributed by atoms with Crippen molar-refractivity contribution in [3.63, 3.8) is 0 Å². The second kappa shape index (κ2) is 6.50. The summed E-state index contributed by atoms with van der Waals surface area (Å²) in [6.07, 6.45) is 2.69. The molecule has 3 rings (SSSR count). The van der Waals surface area contributed by atoms with Gasteiger partial charge in [0.1, 0.15) is 11.9 Å². The maximum atomic E-state index is 6.20. The van der Waals surface area contributed by atoms with Gasteiger partial charge in [-0.3, -0.25) is 5.10 Å². The average molecular weight is 301 g/mol. The van der Waals surface area contributed by atoms with Crippen LogP contribution < -0.4 is 5.73 Å². The van der Waals surface area contributed by atoms with E-state index in [2.05, 4.69) is 36.2 Å². The van der Waals surface area contributed by atoms with E-state index in [0.29, 0.717) is 18.3 Å². The van der Waals surface area contributed by atoms with Crippen LogP contribution in [0.1, 0.15) is 37.5 Å². The fourth-order valence-electron chi connectivity index (χ4n) is 3.13. The van der Waals surface area contributed by atoms with E-state index in [0.717, 1.165) is 17.5 Å². The Morgan fingerprint density at radius 3 is 2.73 bits per heavy atom. The molecule has 0 unspecified atom stereocenters. The van der Waals surface area contributed by atoms with Gasteiger partial charge in [0.15, 0.2) is 0 Å². The van der Waals surface area contributed by atoms with E-state index in [4.69, 9.17) is 15.2 Å². The molecule has 0 bridgehead atoms. The molecule has 1 aromatic heterocycles. The lowest BCUT2D eigenvalue weighted by molar-refractivity contribution is -0.0333. The van der Waals surface area contributed by atoms with Crippen LogP contribution in [0.3, 0.4) is 0 Å². The lowest BCUT2D eigenvalue weighted by Crippen LogP contribution is -2.25. The molecule has 1 saturated heterocycles. The molecule has 4 atom stereocenters. The highest BCUT2D eigenvalue weighted by Gasteiger charge is 2.43. The molecule has 5 heteroatoms. The first-order valence-corrected chi connectivity index (χ1v) is 7.80. The zero-order chi connectivity index (χ0) is 15.5. The van der Waals surface area contributed by atoms with E-state index in [-0.39, 0.29) is 18.3 Å². The molecule has 0 saturated carbocycles. The SMILES string of the molecule is CC[C@H]1O[C@@H](c2cn[nH]c2N)[C@H](OCc2ccccc2)[C@@H]1C. The Kier molecular flexibility index (Phi) is 4.45. The molecule has 0 spiro atoms. The van der Waals surface area contributed by atoms with Gasteiger partial charge in [0, 0.05) is 11.5 Å². The molecule has 22 heavy (non-hydrogen) atoms. The van der Waals surface area contributed by atoms with E-state index in [9.17, 15) is 0 Å². The number of nitrogens with one attached hydrogen (secondary N) is 1. The fraction of sp³-hybridized carbons (Fsp3) is 0.471. The number of H-pyrrole nitrogens is 1. The van der Waals surface area contributed by atoms with Gasteiger partial charge in [-0.2, -0.15) is 5.10 Å². The summed E-state index contributed by atoms with van der Waals surface area (Å²) in [5.74, 6) is 0.871. The summed E-state index contributed by atoms with van der Waals surface area (Å²) in [5.41, 5.74) is 8.02. The first-order chi connectivity index (χ1) is 10.7. The number of aromatic nitrogens is 2. The summed E-state index contributed by atoms with van der Waals surface area (Å²) in [5, 5.41) is 6.79. The van der Waals surface area contributed by atoms with Crippen LogP contribution in [0.5, 0.6) is 0 Å². The number of nitrogens with two attached hydrogens (primary N) is 1. The van der Waals surface area contributed by atoms with Gasteiger partial charge in [-0.15, -0.1) is 0 Å². The number of hydrogen-bond donors (Lipinski definition) is 2. The van der Waals surface area contributed by atoms with Crippen molar-refractivity contribution in [3.8, 4) is 0 Å². The van der Waals surface area contributed by atoms with E-state index in [1.807, 2.05) is 18.2 Å². The first-order valence-electron chi connectivity index (χ1n) is 7.80. The maximum absolute atomic E-state index is 6.20. The number of anilines is 1. The molecule has 2 heterocycles. The number of nitrogens with zero attached hydrogens (tertiary/aromatic N) is 1. The van der Waals surface area contributed by atoms with E-state index in [1.54, 1.807) is 6.20 Å². The molecule has 1 aromatic carbocycles. The number of hydrogen-bond acceptors (Lipinski definition) is 4. The van der Waals surface area contributed by atoms with Gasteiger partial charge in [0.25, 0.3) is 0 Å². The smallest absolute Gasteiger partial charge is 0.124 e. The van der Waals surface area contributed by atoms with Gasteiger partial charge in [-0.1, -0.05) is 44.2 Å². The molecule has 5 nitrogen and oxygen atoms in total. The van der Waals surface area contributed by atoms with Crippen LogP contribution in [-0.4, -0.2) is 22.4 Å². The minimum absolute atomic E-state index is 0.0231. The highest BCUT2D eigenvalue weighted by atomic mass is 16.6. The third-order valence-electron chi connectivity index (χ3n) is 4.42. The van der Waals surface area contributed by atoms with Gasteiger partial charge in [-0.25, -0.2) is 0 Å². The topological polar surface area (TPSA) is 73.2 Å². The first kappa shape index (κ1) is 15.1. The Bertz CT molecular complexity index is 599. The van der Waals surface area contributed by atoms with Crippen LogP contribution in [0.2, 0.25) is 0 Å². The summed E-state index contributed by atoms with van der Waals surface area (Å²) in [4.78, 5) is 0. The maximum Gasteiger partial charge on any atom is 0.124 e. The van der Waals surface area contributed by atoms with Crippen molar-refractivity contribution in [2.45, 2.75) is 45.2 Å². The predicted molar refractivity (Wildman–Crippen MR) is 85.1 cm³/mol. The van der Waals surface area contributed by atoms with Gasteiger partial charge in [0.2, 0.25) is 0 Å². The van der Waals surface area contributed by atoms with Crippen molar-refractivity contribution >= 4 is 5.82 Å². The van der Waals surface area contributed by atoms with Gasteiger partial charge < -0.3 is 15.2 Å². The predicted octanol–water partition coefficient (Wildman–Crippen LogP) is 3.06. The quantitative estimate of drug-likeness (QED) is 0.890. The zero-order valence-corrected chi connectivity index (χ0v) is 13.0. The van der Waals surface area contributed by atoms with Gasteiger partial charge >= 0.3 is 0 Å². The zero-order valence-electron chi connectivity index (χ0n) is 13.0. The van der Waals surface area contributed by atoms with Crippen LogP contribution >= 0.6 is 0 Å². The van der Waals surface area contributed by atoms with Crippen molar-refractivity contribution in [2.75, 3.05) is 5.73 Å². The molecule has 0 amide bonds. The van der Waals surface area contributed by atoms with Crippen LogP contribution in [0.15, 0.2) is 36.5 Å². The summed E-state index contributed by atoms with van der Waals surface area (Å²) in [6, 6.07) is 10.2. The summed E-state index contributed by atoms with van der Waals surface area (Å²) in [6.45, 7) is 4.89. The van der Waals surface area contributed by atoms with Crippen molar-refractivity contribution in [1.29, 1.82) is 0 Å². The van der Waals surface area contributed by atoms with Crippen molar-refractivity contribution in [2.24, 2.45) is 5.92 Å². The van der Waals surface area contributed by atoms with Gasteiger partial charge in [0.05, 0.1) is 25.0 Å². The Labute approximate surface area is 130 Å². The van der Waals surface area contributed by atoms with Crippen molar-refractivity contribution < 1.29 is 9.47 Å². The Morgan fingerprint density at radius 1 is 1.32 bits per heavy atom. The molecule has 0 radical (unpaired) electrons. The van der Waals surface area contributed by atoms with E-state index >= 15 is 0 Å². The van der Waals surface area contributed by atoms with E-state index in [1.165, 1.54) is 0 Å². The molecular formula is C17H23N3O2. The molecule has 1 aliphatic heterocycles. The van der Waals surface area contributed by atoms with Crippen molar-refractivity contribution in [3.05, 3.63) is 47.7 Å². The number of ether oxygens (including phenoxy) is 2. The number of rotatable bonds is 5. The molecule has 1 aliphatic rings. The third-order valence-corrected chi connectivity index (χ3v) is 4.42. The van der Waals surface area contributed by atoms with Gasteiger partial charge in [-0.05, 0) is 12.0 Å². The average Bonchev–Trinajstić information content (AvgIpc) is 3.09. The number of nitrogen functional groups attached to an aromatic ring is 1. The summed E-state index contributed by atoms with van der Waals surface area (Å²) in [7, 11) is 0. The molecule has 3 N–H and O–H groups in total. The minimum atomic E-state index is -0.164. The second-order valence-electron chi connectivity index (χ2n) is 5.86. The second-order valence-corrected chi connectivity index (χ2v) is 5.86. The Balaban J connectivity index is 1.77. The monoisotopic (exact) mass is 301 g/mol. The fourth-order valence-corrected chi connectivity index (χ4v) is 3.13. The Morgan fingerprint density at radius 2 is 2.09 bits per heavy atom. The standard InChI is InChI=1S/C17H23N3O2/c1-3-14-11(2)15(21-10-12-7-5-4-6-8-12)16(22-14)13-9-19-20-17(13)18/h4-9,11,14-16H,3,10H2,1-2H3,(H3,18,19,20)/t11-,14-,15-,16+/m1/s1. The summed E-state index contributed by atoms with van der Waals surface area (Å²) >= 11 is 0. The molecule has 1 fully saturated rings. The lowest BCUT2D eigenvalue weighted by Gasteiger charge is -2.21. The summed E-state index contributed by atoms with van der Waals surface area (Å²) < 4.78 is 12.4. The van der Waals surface area contributed by atoms with Crippen LogP contribution in [-0.2, 0) is 16.1 Å². The number of aromatic amines is 1. The largest absolute Gasteiger partial charge is 0.384 e. The number of benzene rings is 1. The molecular weight excluding hydrogens is 278 g/mol. The Hall–Kier alpha value is -1.85. The highest BCUT2D eigenvalue weighted by molar-refractivity contribution is 5.39. The molecule has 118 valence electrons. The van der Waals surface area contributed by atoms with Crippen LogP contribution in [0.25, 0.3) is 0 Å². The van der Waals surface area contributed by atoms with Crippen LogP contribution in [0.4, 0.5) is 5.82 Å². The van der Waals surface area contributed by atoms with E-state index < -0.39 is 0 Å². The third kappa shape index (κ3) is 2.87. The molecule has 2 aromatic rings. The minimum Gasteiger partial charge on any atom is -0.384 e. The highest BCUT2D eigenvalue weighted by Crippen LogP contribution is 2.41. The van der Waals surface area contributed by atoms with Crippen molar-refractivity contribution in [1.82, 2.24) is 10.2 Å². The normalized spacial score (nSPS) is 28.1. The van der Waals surface area contributed by atoms with Crippen LogP contribution in [0, 0.1) is 5.92 Å².